The van der Waals surface area contributed by atoms with E-state index < -0.39 is 11.8 Å². The van der Waals surface area contributed by atoms with Crippen molar-refractivity contribution in [3.8, 4) is 5.75 Å². The van der Waals surface area contributed by atoms with E-state index in [1.54, 1.807) is 24.3 Å². The van der Waals surface area contributed by atoms with Crippen LogP contribution in [0.5, 0.6) is 5.75 Å². The zero-order valence-electron chi connectivity index (χ0n) is 15.6. The van der Waals surface area contributed by atoms with E-state index in [0.29, 0.717) is 17.1 Å². The maximum Gasteiger partial charge on any atom is 0.314 e. The lowest BCUT2D eigenvalue weighted by Gasteiger charge is -2.21. The molecule has 2 aromatic rings. The highest BCUT2D eigenvalue weighted by Crippen LogP contribution is 2.25. The first-order chi connectivity index (χ1) is 12.5. The van der Waals surface area contributed by atoms with Crippen LogP contribution in [0.4, 0.5) is 17.1 Å². The third-order valence-corrected chi connectivity index (χ3v) is 4.06. The van der Waals surface area contributed by atoms with E-state index >= 15 is 0 Å². The fourth-order valence-corrected chi connectivity index (χ4v) is 2.63. The molecule has 0 radical (unpaired) electrons. The third-order valence-electron chi connectivity index (χ3n) is 4.06. The van der Waals surface area contributed by atoms with E-state index in [-0.39, 0.29) is 0 Å². The minimum Gasteiger partial charge on any atom is -0.495 e. The number of carbonyl (C=O) groups is 2. The molecule has 2 rings (SSSR count). The molecule has 0 heterocycles. The van der Waals surface area contributed by atoms with E-state index in [9.17, 15) is 9.59 Å². The van der Waals surface area contributed by atoms with Crippen LogP contribution < -0.4 is 20.3 Å². The second-order valence-corrected chi connectivity index (χ2v) is 5.83. The summed E-state index contributed by atoms with van der Waals surface area (Å²) >= 11 is 0. The number of anilines is 3. The number of methoxy groups -OCH3 is 1. The fourth-order valence-electron chi connectivity index (χ4n) is 2.63. The highest BCUT2D eigenvalue weighted by Gasteiger charge is 2.16. The average Bonchev–Trinajstić information content (AvgIpc) is 2.64. The molecule has 0 aliphatic carbocycles. The molecule has 26 heavy (non-hydrogen) atoms. The van der Waals surface area contributed by atoms with Gasteiger partial charge in [0.15, 0.2) is 0 Å². The Balaban J connectivity index is 2.03. The minimum atomic E-state index is -0.748. The number of nitrogens with one attached hydrogen (secondary N) is 2. The van der Waals surface area contributed by atoms with Crippen LogP contribution in [0.2, 0.25) is 0 Å². The summed E-state index contributed by atoms with van der Waals surface area (Å²) in [5.74, 6) is -0.980. The molecule has 0 aliphatic rings. The minimum absolute atomic E-state index is 0.463. The highest BCUT2D eigenvalue weighted by molar-refractivity contribution is 6.43. The van der Waals surface area contributed by atoms with Crippen molar-refractivity contribution >= 4 is 28.9 Å². The van der Waals surface area contributed by atoms with E-state index in [2.05, 4.69) is 29.4 Å². The van der Waals surface area contributed by atoms with Crippen LogP contribution in [-0.2, 0) is 9.59 Å². The highest BCUT2D eigenvalue weighted by atomic mass is 16.5. The van der Waals surface area contributed by atoms with E-state index in [0.717, 1.165) is 24.3 Å². The summed E-state index contributed by atoms with van der Waals surface area (Å²) in [7, 11) is 1.51. The molecule has 0 bridgehead atoms. The van der Waals surface area contributed by atoms with Crippen LogP contribution in [0.15, 0.2) is 42.5 Å². The monoisotopic (exact) mass is 355 g/mol. The van der Waals surface area contributed by atoms with Gasteiger partial charge in [-0.3, -0.25) is 9.59 Å². The summed E-state index contributed by atoms with van der Waals surface area (Å²) in [6.07, 6.45) is 0. The summed E-state index contributed by atoms with van der Waals surface area (Å²) in [6, 6.07) is 12.8. The van der Waals surface area contributed by atoms with E-state index in [1.807, 2.05) is 25.1 Å². The van der Waals surface area contributed by atoms with Gasteiger partial charge in [0.2, 0.25) is 0 Å². The number of carbonyl (C=O) groups excluding carboxylic acids is 2. The zero-order chi connectivity index (χ0) is 19.1. The average molecular weight is 355 g/mol. The van der Waals surface area contributed by atoms with Crippen molar-refractivity contribution in [3.05, 3.63) is 48.0 Å². The Morgan fingerprint density at radius 2 is 1.58 bits per heavy atom. The Hall–Kier alpha value is -3.02. The maximum absolute atomic E-state index is 12.2. The molecule has 0 unspecified atom stereocenters. The predicted octanol–water partition coefficient (Wildman–Crippen LogP) is 3.43. The van der Waals surface area contributed by atoms with Crippen molar-refractivity contribution in [1.29, 1.82) is 0 Å². The molecule has 0 saturated heterocycles. The molecule has 2 N–H and O–H groups in total. The lowest BCUT2D eigenvalue weighted by molar-refractivity contribution is -0.133. The normalized spacial score (nSPS) is 10.2. The third kappa shape index (κ3) is 4.75. The number of hydrogen-bond acceptors (Lipinski definition) is 4. The number of hydrogen-bond donors (Lipinski definition) is 2. The van der Waals surface area contributed by atoms with Gasteiger partial charge < -0.3 is 20.3 Å². The first-order valence-electron chi connectivity index (χ1n) is 8.60. The van der Waals surface area contributed by atoms with Crippen molar-refractivity contribution in [3.63, 3.8) is 0 Å². The number of benzene rings is 2. The molecule has 0 atom stereocenters. The van der Waals surface area contributed by atoms with Gasteiger partial charge in [-0.1, -0.05) is 6.07 Å². The van der Waals surface area contributed by atoms with Crippen LogP contribution in [0, 0.1) is 6.92 Å². The van der Waals surface area contributed by atoms with Crippen molar-refractivity contribution in [1.82, 2.24) is 0 Å². The lowest BCUT2D eigenvalue weighted by Crippen LogP contribution is -2.29. The Labute approximate surface area is 154 Å². The topological polar surface area (TPSA) is 70.7 Å². The van der Waals surface area contributed by atoms with E-state index in [1.165, 1.54) is 7.11 Å². The van der Waals surface area contributed by atoms with Crippen LogP contribution in [-0.4, -0.2) is 32.0 Å². The zero-order valence-corrected chi connectivity index (χ0v) is 15.6. The molecule has 0 aliphatic heterocycles. The van der Waals surface area contributed by atoms with E-state index in [4.69, 9.17) is 4.74 Å². The second kappa shape index (κ2) is 8.89. The molecule has 138 valence electrons. The smallest absolute Gasteiger partial charge is 0.314 e. The Bertz CT molecular complexity index is 768. The van der Waals surface area contributed by atoms with Gasteiger partial charge in [0.1, 0.15) is 5.75 Å². The van der Waals surface area contributed by atoms with Gasteiger partial charge in [0.05, 0.1) is 12.8 Å². The molecule has 0 fully saturated rings. The Morgan fingerprint density at radius 1 is 0.962 bits per heavy atom. The van der Waals surface area contributed by atoms with Gasteiger partial charge in [-0.2, -0.15) is 0 Å². The number of amides is 2. The molecule has 2 aromatic carbocycles. The van der Waals surface area contributed by atoms with Crippen molar-refractivity contribution < 1.29 is 14.3 Å². The summed E-state index contributed by atoms with van der Waals surface area (Å²) < 4.78 is 5.20. The van der Waals surface area contributed by atoms with Crippen LogP contribution in [0.25, 0.3) is 0 Å². The van der Waals surface area contributed by atoms with Gasteiger partial charge in [0.25, 0.3) is 0 Å². The first kappa shape index (κ1) is 19.3. The number of aryl methyl sites for hydroxylation is 1. The number of ether oxygens (including phenoxy) is 1. The largest absolute Gasteiger partial charge is 0.495 e. The summed E-state index contributed by atoms with van der Waals surface area (Å²) in [6.45, 7) is 7.88. The maximum atomic E-state index is 12.2. The quantitative estimate of drug-likeness (QED) is 0.779. The van der Waals surface area contributed by atoms with Gasteiger partial charge in [-0.25, -0.2) is 0 Å². The first-order valence-corrected chi connectivity index (χ1v) is 8.60. The Morgan fingerprint density at radius 3 is 2.15 bits per heavy atom. The van der Waals surface area contributed by atoms with Gasteiger partial charge in [-0.05, 0) is 62.7 Å². The van der Waals surface area contributed by atoms with Crippen molar-refractivity contribution in [2.45, 2.75) is 20.8 Å². The molecule has 0 saturated carbocycles. The molecule has 0 spiro atoms. The molecular formula is C20H25N3O3. The molecular weight excluding hydrogens is 330 g/mol. The summed E-state index contributed by atoms with van der Waals surface area (Å²) in [5, 5.41) is 5.19. The van der Waals surface area contributed by atoms with Crippen LogP contribution in [0.1, 0.15) is 19.4 Å². The van der Waals surface area contributed by atoms with Crippen LogP contribution >= 0.6 is 0 Å². The predicted molar refractivity (Wildman–Crippen MR) is 105 cm³/mol. The van der Waals surface area contributed by atoms with Crippen molar-refractivity contribution in [2.24, 2.45) is 0 Å². The molecule has 6 heteroatoms. The molecule has 0 aromatic heterocycles. The van der Waals surface area contributed by atoms with Gasteiger partial charge >= 0.3 is 11.8 Å². The second-order valence-electron chi connectivity index (χ2n) is 5.83. The Kier molecular flexibility index (Phi) is 6.60. The van der Waals surface area contributed by atoms with Gasteiger partial charge in [-0.15, -0.1) is 0 Å². The SMILES string of the molecule is CCN(CC)c1ccc(NC(=O)C(=O)Nc2cc(C)ccc2OC)cc1. The lowest BCUT2D eigenvalue weighted by atomic mass is 10.2. The number of rotatable bonds is 6. The molecule has 6 nitrogen and oxygen atoms in total. The fraction of sp³-hybridized carbons (Fsp3) is 0.300. The summed E-state index contributed by atoms with van der Waals surface area (Å²) in [5.41, 5.74) is 3.05. The molecule has 2 amide bonds. The summed E-state index contributed by atoms with van der Waals surface area (Å²) in [4.78, 5) is 26.5. The standard InChI is InChI=1S/C20H25N3O3/c1-5-23(6-2)16-10-8-15(9-11-16)21-19(24)20(25)22-17-13-14(3)7-12-18(17)26-4/h7-13H,5-6H2,1-4H3,(H,21,24)(H,22,25). The van der Waals surface area contributed by atoms with Crippen molar-refractivity contribution in [2.75, 3.05) is 35.7 Å². The van der Waals surface area contributed by atoms with Gasteiger partial charge in [0, 0.05) is 24.5 Å². The number of nitrogens with zero attached hydrogens (tertiary/aromatic N) is 1. The van der Waals surface area contributed by atoms with Crippen LogP contribution in [0.3, 0.4) is 0 Å².